The normalized spacial score (nSPS) is 19.9. The maximum absolute atomic E-state index is 12.5. The average Bonchev–Trinajstić information content (AvgIpc) is 3.26. The van der Waals surface area contributed by atoms with Crippen LogP contribution in [0.3, 0.4) is 0 Å². The first-order valence-corrected chi connectivity index (χ1v) is 8.78. The summed E-state index contributed by atoms with van der Waals surface area (Å²) in [5.74, 6) is -0.202. The number of hydrogen-bond donors (Lipinski definition) is 0. The molecule has 1 aliphatic rings. The maximum Gasteiger partial charge on any atom is 0.338 e. The predicted octanol–water partition coefficient (Wildman–Crippen LogP) is 4.66. The molecule has 2 heterocycles. The maximum atomic E-state index is 12.5. The number of nitrogens with zero attached hydrogens (tertiary/aromatic N) is 2. The summed E-state index contributed by atoms with van der Waals surface area (Å²) in [6.07, 6.45) is 0.0199. The third kappa shape index (κ3) is 3.56. The molecular weight excluding hydrogens is 375 g/mol. The number of halogens is 2. The molecule has 4 rings (SSSR count). The van der Waals surface area contributed by atoms with Gasteiger partial charge in [0.05, 0.1) is 5.56 Å². The number of esters is 1. The summed E-state index contributed by atoms with van der Waals surface area (Å²) in [6, 6.07) is 9.79. The molecule has 0 aliphatic carbocycles. The molecule has 134 valence electrons. The van der Waals surface area contributed by atoms with Gasteiger partial charge in [-0.25, -0.2) is 9.78 Å². The Morgan fingerprint density at radius 2 is 2.12 bits per heavy atom. The van der Waals surface area contributed by atoms with Crippen molar-refractivity contribution in [3.8, 4) is 11.5 Å². The minimum atomic E-state index is -2.18. The smallest absolute Gasteiger partial charge is 0.338 e. The molecule has 5 nitrogen and oxygen atoms in total. The van der Waals surface area contributed by atoms with Gasteiger partial charge in [0.25, 0.3) is 0 Å². The molecule has 0 spiro atoms. The van der Waals surface area contributed by atoms with Gasteiger partial charge in [0.15, 0.2) is 5.58 Å². The van der Waals surface area contributed by atoms with Crippen LogP contribution in [0.1, 0.15) is 20.9 Å². The van der Waals surface area contributed by atoms with Gasteiger partial charge in [0.1, 0.15) is 11.6 Å². The summed E-state index contributed by atoms with van der Waals surface area (Å²) < 4.78 is 33.6. The van der Waals surface area contributed by atoms with Gasteiger partial charge in [-0.1, -0.05) is 23.2 Å². The summed E-state index contributed by atoms with van der Waals surface area (Å²) in [5, 5.41) is 0.920. The third-order valence-electron chi connectivity index (χ3n) is 4.15. The van der Waals surface area contributed by atoms with Crippen molar-refractivity contribution < 1.29 is 18.1 Å². The van der Waals surface area contributed by atoms with E-state index in [0.717, 1.165) is 0 Å². The summed E-state index contributed by atoms with van der Waals surface area (Å²) in [6.45, 7) is -1.63. The van der Waals surface area contributed by atoms with E-state index < -0.39 is 19.0 Å². The van der Waals surface area contributed by atoms with Crippen LogP contribution in [0.5, 0.6) is 0 Å². The highest BCUT2D eigenvalue weighted by molar-refractivity contribution is 6.35. The summed E-state index contributed by atoms with van der Waals surface area (Å²) in [7, 11) is 0. The van der Waals surface area contributed by atoms with Crippen LogP contribution in [0.4, 0.5) is 0 Å². The van der Waals surface area contributed by atoms with Gasteiger partial charge in [-0.3, -0.25) is 0 Å². The molecule has 3 aromatic rings. The number of likely N-dealkylation sites (N-methyl/N-ethyl adjacent to an activating group) is 1. The molecule has 1 aromatic heterocycles. The Bertz CT molecular complexity index is 1060. The Kier molecular flexibility index (Phi) is 3.73. The quantitative estimate of drug-likeness (QED) is 0.605. The van der Waals surface area contributed by atoms with E-state index in [1.165, 1.54) is 4.90 Å². The molecule has 1 unspecified atom stereocenters. The van der Waals surface area contributed by atoms with E-state index in [2.05, 4.69) is 4.98 Å². The van der Waals surface area contributed by atoms with Crippen LogP contribution in [-0.2, 0) is 4.74 Å². The van der Waals surface area contributed by atoms with Crippen LogP contribution in [0, 0.1) is 0 Å². The number of carbonyl (C=O) groups excluding carboxylic acids is 1. The Morgan fingerprint density at radius 3 is 2.85 bits per heavy atom. The van der Waals surface area contributed by atoms with Gasteiger partial charge >= 0.3 is 5.97 Å². The van der Waals surface area contributed by atoms with E-state index in [-0.39, 0.29) is 6.54 Å². The molecule has 1 fully saturated rings. The van der Waals surface area contributed by atoms with Crippen LogP contribution >= 0.6 is 23.2 Å². The second-order valence-electron chi connectivity index (χ2n) is 6.12. The van der Waals surface area contributed by atoms with Gasteiger partial charge in [0.2, 0.25) is 5.89 Å². The van der Waals surface area contributed by atoms with Crippen molar-refractivity contribution in [2.75, 3.05) is 20.1 Å². The fourth-order valence-corrected chi connectivity index (χ4v) is 3.42. The van der Waals surface area contributed by atoms with Gasteiger partial charge in [-0.05, 0) is 49.8 Å². The van der Waals surface area contributed by atoms with Crippen molar-refractivity contribution in [3.63, 3.8) is 0 Å². The fourth-order valence-electron chi connectivity index (χ4n) is 2.90. The topological polar surface area (TPSA) is 55.6 Å². The molecule has 2 aromatic carbocycles. The molecule has 1 atom stereocenters. The second-order valence-corrected chi connectivity index (χ2v) is 6.99. The number of aromatic nitrogens is 1. The third-order valence-corrected chi connectivity index (χ3v) is 4.59. The lowest BCUT2D eigenvalue weighted by molar-refractivity contribution is 0.0327. The van der Waals surface area contributed by atoms with E-state index in [1.54, 1.807) is 36.4 Å². The second kappa shape index (κ2) is 6.91. The zero-order valence-corrected chi connectivity index (χ0v) is 15.0. The van der Waals surface area contributed by atoms with Crippen molar-refractivity contribution in [1.29, 1.82) is 0 Å². The molecule has 0 N–H and O–H groups in total. The number of carbonyl (C=O) groups is 1. The number of ether oxygens (including phenoxy) is 1. The highest BCUT2D eigenvalue weighted by Gasteiger charge is 2.24. The molecule has 7 heteroatoms. The Balaban J connectivity index is 1.52. The molecule has 1 aliphatic heterocycles. The van der Waals surface area contributed by atoms with Crippen LogP contribution in [0.15, 0.2) is 40.8 Å². The molecule has 0 bridgehead atoms. The van der Waals surface area contributed by atoms with E-state index in [0.29, 0.717) is 51.1 Å². The number of oxazole rings is 1. The van der Waals surface area contributed by atoms with Crippen molar-refractivity contribution in [3.05, 3.63) is 52.0 Å². The number of fused-ring (bicyclic) bond motifs is 1. The predicted molar refractivity (Wildman–Crippen MR) is 101 cm³/mol. The SMILES string of the molecule is [2H]C([2H])([2H])N1CCC(OC(=O)c2ccc3nc(-c4cc(Cl)cc(Cl)c4)oc3c2)C1. The fraction of sp³-hybridized carbons (Fsp3) is 0.263. The molecule has 26 heavy (non-hydrogen) atoms. The highest BCUT2D eigenvalue weighted by atomic mass is 35.5. The first-order chi connectivity index (χ1) is 13.7. The van der Waals surface area contributed by atoms with Gasteiger partial charge in [-0.2, -0.15) is 0 Å². The Hall–Kier alpha value is -2.08. The lowest BCUT2D eigenvalue weighted by Crippen LogP contribution is -2.22. The zero-order chi connectivity index (χ0) is 20.8. The monoisotopic (exact) mass is 393 g/mol. The first-order valence-electron chi connectivity index (χ1n) is 9.52. The lowest BCUT2D eigenvalue weighted by Gasteiger charge is -2.12. The standard InChI is InChI=1S/C19H16Cl2N2O3/c1-23-5-4-15(10-23)25-19(24)11-2-3-16-17(8-11)26-18(22-16)12-6-13(20)9-14(21)7-12/h2-3,6-9,15H,4-5,10H2,1H3/i1D3. The number of benzene rings is 2. The number of hydrogen-bond acceptors (Lipinski definition) is 5. The van der Waals surface area contributed by atoms with Gasteiger partial charge < -0.3 is 14.1 Å². The molecule has 0 radical (unpaired) electrons. The largest absolute Gasteiger partial charge is 0.457 e. The minimum Gasteiger partial charge on any atom is -0.457 e. The van der Waals surface area contributed by atoms with E-state index in [4.69, 9.17) is 36.5 Å². The van der Waals surface area contributed by atoms with Crippen LogP contribution in [0.25, 0.3) is 22.6 Å². The van der Waals surface area contributed by atoms with Crippen molar-refractivity contribution in [2.45, 2.75) is 12.5 Å². The highest BCUT2D eigenvalue weighted by Crippen LogP contribution is 2.29. The van der Waals surface area contributed by atoms with Crippen molar-refractivity contribution >= 4 is 40.3 Å². The van der Waals surface area contributed by atoms with Gasteiger partial charge in [0, 0.05) is 32.8 Å². The van der Waals surface area contributed by atoms with Crippen molar-refractivity contribution in [2.24, 2.45) is 0 Å². The van der Waals surface area contributed by atoms with E-state index in [1.807, 2.05) is 0 Å². The summed E-state index contributed by atoms with van der Waals surface area (Å²) in [5.41, 5.74) is 1.92. The van der Waals surface area contributed by atoms with Crippen molar-refractivity contribution in [1.82, 2.24) is 9.88 Å². The molecule has 1 saturated heterocycles. The zero-order valence-electron chi connectivity index (χ0n) is 16.5. The number of likely N-dealkylation sites (tertiary alicyclic amines) is 1. The van der Waals surface area contributed by atoms with Crippen LogP contribution in [-0.4, -0.2) is 42.0 Å². The lowest BCUT2D eigenvalue weighted by atomic mass is 10.2. The van der Waals surface area contributed by atoms with Gasteiger partial charge in [-0.15, -0.1) is 0 Å². The first kappa shape index (κ1) is 14.0. The molecular formula is C19H16Cl2N2O3. The van der Waals surface area contributed by atoms with E-state index in [9.17, 15) is 4.79 Å². The molecule has 0 amide bonds. The Morgan fingerprint density at radius 1 is 1.31 bits per heavy atom. The summed E-state index contributed by atoms with van der Waals surface area (Å²) in [4.78, 5) is 18.2. The average molecular weight is 394 g/mol. The van der Waals surface area contributed by atoms with E-state index >= 15 is 0 Å². The molecule has 0 saturated carbocycles. The number of rotatable bonds is 3. The Labute approximate surface area is 164 Å². The van der Waals surface area contributed by atoms with Crippen LogP contribution in [0.2, 0.25) is 10.0 Å². The van der Waals surface area contributed by atoms with Crippen LogP contribution < -0.4 is 0 Å². The summed E-state index contributed by atoms with van der Waals surface area (Å²) >= 11 is 12.1. The minimum absolute atomic E-state index is 0.187.